The Labute approximate surface area is 187 Å². The number of nitrogens with zero attached hydrogens (tertiary/aromatic N) is 1. The molecule has 0 radical (unpaired) electrons. The predicted molar refractivity (Wildman–Crippen MR) is 121 cm³/mol. The number of sulfonamides is 1. The topological polar surface area (TPSA) is 92.8 Å². The monoisotopic (exact) mass is 452 g/mol. The summed E-state index contributed by atoms with van der Waals surface area (Å²) in [6.45, 7) is 2.43. The SMILES string of the molecule is CCCCN1C(=O)c2cccc3c(S(=O)(=O)NCc4ccc(OC)cc4)ccc(c23)C1=O. The van der Waals surface area contributed by atoms with Crippen molar-refractivity contribution in [2.24, 2.45) is 0 Å². The molecule has 0 atom stereocenters. The first-order chi connectivity index (χ1) is 15.4. The second-order valence-electron chi connectivity index (χ2n) is 7.63. The Morgan fingerprint density at radius 1 is 0.938 bits per heavy atom. The molecular weight excluding hydrogens is 428 g/mol. The third-order valence-corrected chi connectivity index (χ3v) is 7.06. The molecule has 1 aliphatic heterocycles. The number of imide groups is 1. The van der Waals surface area contributed by atoms with Crippen LogP contribution in [0.1, 0.15) is 46.0 Å². The molecule has 0 aromatic heterocycles. The maximum absolute atomic E-state index is 13.1. The van der Waals surface area contributed by atoms with E-state index >= 15 is 0 Å². The number of ether oxygens (including phenoxy) is 1. The number of carbonyl (C=O) groups is 2. The van der Waals surface area contributed by atoms with Crippen molar-refractivity contribution >= 4 is 32.6 Å². The lowest BCUT2D eigenvalue weighted by Gasteiger charge is -2.27. The second-order valence-corrected chi connectivity index (χ2v) is 9.36. The summed E-state index contributed by atoms with van der Waals surface area (Å²) in [5.74, 6) is -0.0907. The van der Waals surface area contributed by atoms with Gasteiger partial charge in [-0.15, -0.1) is 0 Å². The molecule has 1 aliphatic rings. The Hall–Kier alpha value is -3.23. The van der Waals surface area contributed by atoms with Gasteiger partial charge in [-0.2, -0.15) is 0 Å². The Balaban J connectivity index is 1.70. The van der Waals surface area contributed by atoms with E-state index in [9.17, 15) is 18.0 Å². The lowest BCUT2D eigenvalue weighted by molar-refractivity contribution is 0.0608. The summed E-state index contributed by atoms with van der Waals surface area (Å²) in [5.41, 5.74) is 1.47. The van der Waals surface area contributed by atoms with Crippen molar-refractivity contribution < 1.29 is 22.7 Å². The van der Waals surface area contributed by atoms with Crippen LogP contribution in [0.2, 0.25) is 0 Å². The number of methoxy groups -OCH3 is 1. The fourth-order valence-corrected chi connectivity index (χ4v) is 5.09. The van der Waals surface area contributed by atoms with E-state index in [0.29, 0.717) is 40.6 Å². The minimum absolute atomic E-state index is 0.0363. The van der Waals surface area contributed by atoms with E-state index in [-0.39, 0.29) is 23.3 Å². The molecule has 166 valence electrons. The van der Waals surface area contributed by atoms with E-state index in [1.165, 1.54) is 17.0 Å². The lowest BCUT2D eigenvalue weighted by atomic mass is 9.94. The van der Waals surface area contributed by atoms with E-state index in [1.807, 2.05) is 6.92 Å². The van der Waals surface area contributed by atoms with Gasteiger partial charge in [0.15, 0.2) is 0 Å². The van der Waals surface area contributed by atoms with Crippen molar-refractivity contribution in [1.82, 2.24) is 9.62 Å². The van der Waals surface area contributed by atoms with Crippen LogP contribution in [0, 0.1) is 0 Å². The van der Waals surface area contributed by atoms with Gasteiger partial charge in [-0.1, -0.05) is 37.6 Å². The van der Waals surface area contributed by atoms with E-state index in [4.69, 9.17) is 4.74 Å². The zero-order chi connectivity index (χ0) is 22.9. The first-order valence-corrected chi connectivity index (χ1v) is 11.9. The molecular formula is C24H24N2O5S. The van der Waals surface area contributed by atoms with Crippen LogP contribution in [-0.2, 0) is 16.6 Å². The van der Waals surface area contributed by atoms with Crippen molar-refractivity contribution in [3.63, 3.8) is 0 Å². The minimum atomic E-state index is -3.90. The van der Waals surface area contributed by atoms with E-state index in [1.54, 1.807) is 49.6 Å². The first kappa shape index (κ1) is 22.0. The van der Waals surface area contributed by atoms with E-state index in [2.05, 4.69) is 4.72 Å². The summed E-state index contributed by atoms with van der Waals surface area (Å²) in [4.78, 5) is 27.2. The smallest absolute Gasteiger partial charge is 0.261 e. The standard InChI is InChI=1S/C24H24N2O5S/c1-3-4-14-26-23(27)19-7-5-6-18-21(13-12-20(22(18)19)24(26)28)32(29,30)25-15-16-8-10-17(31-2)11-9-16/h5-13,25H,3-4,14-15H2,1-2H3. The Bertz CT molecular complexity index is 1280. The summed E-state index contributed by atoms with van der Waals surface area (Å²) >= 11 is 0. The number of unbranched alkanes of at least 4 members (excludes halogenated alkanes) is 1. The summed E-state index contributed by atoms with van der Waals surface area (Å²) in [6, 6.07) is 14.9. The zero-order valence-corrected chi connectivity index (χ0v) is 18.7. The van der Waals surface area contributed by atoms with Crippen molar-refractivity contribution in [2.75, 3.05) is 13.7 Å². The molecule has 1 N–H and O–H groups in total. The third kappa shape index (κ3) is 3.87. The highest BCUT2D eigenvalue weighted by atomic mass is 32.2. The van der Waals surface area contributed by atoms with Gasteiger partial charge >= 0.3 is 0 Å². The maximum atomic E-state index is 13.1. The largest absolute Gasteiger partial charge is 0.497 e. The van der Waals surface area contributed by atoms with Gasteiger partial charge in [0.05, 0.1) is 12.0 Å². The minimum Gasteiger partial charge on any atom is -0.497 e. The number of benzene rings is 3. The van der Waals surface area contributed by atoms with Crippen molar-refractivity contribution in [3.05, 3.63) is 71.3 Å². The fraction of sp³-hybridized carbons (Fsp3) is 0.250. The molecule has 0 saturated heterocycles. The zero-order valence-electron chi connectivity index (χ0n) is 17.9. The molecule has 0 spiro atoms. The van der Waals surface area contributed by atoms with Gasteiger partial charge in [0, 0.05) is 35.0 Å². The van der Waals surface area contributed by atoms with Crippen molar-refractivity contribution in [1.29, 1.82) is 0 Å². The average Bonchev–Trinajstić information content (AvgIpc) is 2.81. The molecule has 0 unspecified atom stereocenters. The average molecular weight is 453 g/mol. The molecule has 0 saturated carbocycles. The summed E-state index contributed by atoms with van der Waals surface area (Å²) in [7, 11) is -2.33. The summed E-state index contributed by atoms with van der Waals surface area (Å²) in [5, 5.41) is 0.752. The van der Waals surface area contributed by atoms with Gasteiger partial charge in [0.1, 0.15) is 5.75 Å². The van der Waals surface area contributed by atoms with Gasteiger partial charge in [-0.25, -0.2) is 13.1 Å². The van der Waals surface area contributed by atoms with Crippen LogP contribution < -0.4 is 9.46 Å². The number of rotatable bonds is 8. The van der Waals surface area contributed by atoms with Crippen LogP contribution in [0.25, 0.3) is 10.8 Å². The van der Waals surface area contributed by atoms with Gasteiger partial charge in [-0.3, -0.25) is 14.5 Å². The van der Waals surface area contributed by atoms with Gasteiger partial charge in [0.25, 0.3) is 11.8 Å². The third-order valence-electron chi connectivity index (χ3n) is 5.60. The molecule has 7 nitrogen and oxygen atoms in total. The van der Waals surface area contributed by atoms with Crippen LogP contribution >= 0.6 is 0 Å². The fourth-order valence-electron chi connectivity index (χ4n) is 3.87. The molecule has 8 heteroatoms. The van der Waals surface area contributed by atoms with Crippen molar-refractivity contribution in [3.8, 4) is 5.75 Å². The maximum Gasteiger partial charge on any atom is 0.261 e. The molecule has 32 heavy (non-hydrogen) atoms. The van der Waals surface area contributed by atoms with Crippen LogP contribution in [0.3, 0.4) is 0 Å². The number of hydrogen-bond donors (Lipinski definition) is 1. The van der Waals surface area contributed by atoms with E-state index in [0.717, 1.165) is 12.0 Å². The first-order valence-electron chi connectivity index (χ1n) is 10.4. The normalized spacial score (nSPS) is 13.6. The Morgan fingerprint density at radius 3 is 2.28 bits per heavy atom. The van der Waals surface area contributed by atoms with Crippen LogP contribution in [-0.4, -0.2) is 38.8 Å². The Kier molecular flexibility index (Phi) is 5.99. The highest BCUT2D eigenvalue weighted by Crippen LogP contribution is 2.34. The molecule has 4 rings (SSSR count). The van der Waals surface area contributed by atoms with Gasteiger partial charge in [-0.05, 0) is 42.3 Å². The van der Waals surface area contributed by atoms with Gasteiger partial charge in [0.2, 0.25) is 10.0 Å². The molecule has 1 heterocycles. The molecule has 3 aromatic rings. The van der Waals surface area contributed by atoms with E-state index < -0.39 is 10.0 Å². The summed E-state index contributed by atoms with van der Waals surface area (Å²) < 4.78 is 34.0. The van der Waals surface area contributed by atoms with Crippen LogP contribution in [0.4, 0.5) is 0 Å². The van der Waals surface area contributed by atoms with Gasteiger partial charge < -0.3 is 4.74 Å². The molecule has 3 aromatic carbocycles. The van der Waals surface area contributed by atoms with Crippen molar-refractivity contribution in [2.45, 2.75) is 31.2 Å². The lowest BCUT2D eigenvalue weighted by Crippen LogP contribution is -2.41. The van der Waals surface area contributed by atoms with Crippen LogP contribution in [0.15, 0.2) is 59.5 Å². The molecule has 2 amide bonds. The van der Waals surface area contributed by atoms with Crippen LogP contribution in [0.5, 0.6) is 5.75 Å². The highest BCUT2D eigenvalue weighted by Gasteiger charge is 2.34. The molecule has 0 fully saturated rings. The number of hydrogen-bond acceptors (Lipinski definition) is 5. The molecule has 0 bridgehead atoms. The number of carbonyl (C=O) groups excluding carboxylic acids is 2. The summed E-state index contributed by atoms with van der Waals surface area (Å²) in [6.07, 6.45) is 1.57. The number of nitrogens with one attached hydrogen (secondary N) is 1. The number of amides is 2. The molecule has 0 aliphatic carbocycles. The predicted octanol–water partition coefficient (Wildman–Crippen LogP) is 3.72. The Morgan fingerprint density at radius 2 is 1.62 bits per heavy atom. The second kappa shape index (κ2) is 8.72. The highest BCUT2D eigenvalue weighted by molar-refractivity contribution is 7.89. The quantitative estimate of drug-likeness (QED) is 0.526.